The number of hydrogen-bond acceptors (Lipinski definition) is 3. The van der Waals surface area contributed by atoms with Crippen LogP contribution in [0.25, 0.3) is 0 Å². The van der Waals surface area contributed by atoms with E-state index in [4.69, 9.17) is 4.74 Å². The van der Waals surface area contributed by atoms with Crippen molar-refractivity contribution in [2.24, 2.45) is 0 Å². The predicted molar refractivity (Wildman–Crippen MR) is 111 cm³/mol. The normalized spacial score (nSPS) is 10.9. The maximum atomic E-state index is 14.5. The third-order valence-electron chi connectivity index (χ3n) is 4.16. The van der Waals surface area contributed by atoms with Gasteiger partial charge in [-0.2, -0.15) is 8.78 Å². The minimum Gasteiger partial charge on any atom is -0.494 e. The lowest BCUT2D eigenvalue weighted by molar-refractivity contribution is -0.117. The van der Waals surface area contributed by atoms with Gasteiger partial charge in [0.05, 0.1) is 19.7 Å². The number of nitrogens with one attached hydrogen (secondary N) is 1. The van der Waals surface area contributed by atoms with Crippen LogP contribution >= 0.6 is 12.4 Å². The number of unbranched alkanes of at least 4 members (excludes halogenated alkanes) is 1. The topological polar surface area (TPSA) is 41.6 Å². The van der Waals surface area contributed by atoms with Crippen LogP contribution in [0, 0.1) is 0 Å². The molecule has 154 valence electrons. The van der Waals surface area contributed by atoms with Gasteiger partial charge in [-0.15, -0.1) is 12.4 Å². The lowest BCUT2D eigenvalue weighted by Gasteiger charge is -2.20. The van der Waals surface area contributed by atoms with Crippen molar-refractivity contribution in [3.8, 4) is 5.75 Å². The third kappa shape index (κ3) is 7.09. The van der Waals surface area contributed by atoms with Crippen molar-refractivity contribution in [2.75, 3.05) is 31.6 Å². The number of carbonyl (C=O) groups is 1. The minimum atomic E-state index is -3.10. The molecule has 2 aromatic carbocycles. The summed E-state index contributed by atoms with van der Waals surface area (Å²) in [6.07, 6.45) is 1.85. The molecular formula is C21H27ClF2N2O2. The van der Waals surface area contributed by atoms with Gasteiger partial charge >= 0.3 is 0 Å². The molecule has 4 nitrogen and oxygen atoms in total. The van der Waals surface area contributed by atoms with Crippen LogP contribution in [-0.4, -0.2) is 32.7 Å². The fourth-order valence-electron chi connectivity index (χ4n) is 2.49. The van der Waals surface area contributed by atoms with Crippen molar-refractivity contribution in [1.82, 2.24) is 5.32 Å². The molecule has 0 atom stereocenters. The van der Waals surface area contributed by atoms with E-state index in [1.165, 1.54) is 17.0 Å². The fourth-order valence-corrected chi connectivity index (χ4v) is 2.49. The number of nitrogens with zero attached hydrogens (tertiary/aromatic N) is 1. The van der Waals surface area contributed by atoms with E-state index >= 15 is 0 Å². The van der Waals surface area contributed by atoms with Gasteiger partial charge in [0.15, 0.2) is 0 Å². The number of halogens is 3. The molecule has 0 heterocycles. The van der Waals surface area contributed by atoms with Crippen LogP contribution in [0.1, 0.15) is 25.3 Å². The van der Waals surface area contributed by atoms with Gasteiger partial charge in [-0.05, 0) is 30.7 Å². The van der Waals surface area contributed by atoms with Crippen molar-refractivity contribution < 1.29 is 18.3 Å². The van der Waals surface area contributed by atoms with E-state index in [-0.39, 0.29) is 30.4 Å². The lowest BCUT2D eigenvalue weighted by atomic mass is 10.1. The molecule has 0 radical (unpaired) electrons. The zero-order valence-corrected chi connectivity index (χ0v) is 17.0. The molecule has 0 aliphatic rings. The van der Waals surface area contributed by atoms with Gasteiger partial charge in [0.1, 0.15) is 5.75 Å². The van der Waals surface area contributed by atoms with Crippen LogP contribution in [0.4, 0.5) is 14.5 Å². The molecule has 2 aromatic rings. The van der Waals surface area contributed by atoms with Crippen molar-refractivity contribution in [3.63, 3.8) is 0 Å². The van der Waals surface area contributed by atoms with Crippen molar-refractivity contribution in [1.29, 1.82) is 0 Å². The van der Waals surface area contributed by atoms with Crippen molar-refractivity contribution in [3.05, 3.63) is 60.2 Å². The summed E-state index contributed by atoms with van der Waals surface area (Å²) in [6.45, 7) is 1.74. The van der Waals surface area contributed by atoms with Crippen LogP contribution in [0.2, 0.25) is 0 Å². The molecule has 28 heavy (non-hydrogen) atoms. The average Bonchev–Trinajstić information content (AvgIpc) is 2.68. The Bertz CT molecular complexity index is 729. The zero-order chi connectivity index (χ0) is 19.7. The number of benzene rings is 2. The highest BCUT2D eigenvalue weighted by atomic mass is 35.5. The summed E-state index contributed by atoms with van der Waals surface area (Å²) < 4.78 is 34.4. The molecule has 7 heteroatoms. The van der Waals surface area contributed by atoms with Crippen molar-refractivity contribution >= 4 is 24.0 Å². The molecule has 1 N–H and O–H groups in total. The predicted octanol–water partition coefficient (Wildman–Crippen LogP) is 4.63. The molecule has 2 rings (SSSR count). The largest absolute Gasteiger partial charge is 0.494 e. The summed E-state index contributed by atoms with van der Waals surface area (Å²) in [7, 11) is 1.62. The third-order valence-corrected chi connectivity index (χ3v) is 4.16. The van der Waals surface area contributed by atoms with Gasteiger partial charge < -0.3 is 15.0 Å². The fraction of sp³-hybridized carbons (Fsp3) is 0.381. The monoisotopic (exact) mass is 412 g/mol. The molecule has 0 saturated carbocycles. The first-order valence-electron chi connectivity index (χ1n) is 9.07. The second-order valence-electron chi connectivity index (χ2n) is 6.33. The molecule has 1 amide bonds. The van der Waals surface area contributed by atoms with Crippen LogP contribution in [0.5, 0.6) is 5.75 Å². The Kier molecular flexibility index (Phi) is 9.90. The van der Waals surface area contributed by atoms with Crippen LogP contribution in [0.3, 0.4) is 0 Å². The van der Waals surface area contributed by atoms with Gasteiger partial charge in [-0.1, -0.05) is 43.7 Å². The maximum absolute atomic E-state index is 14.5. The van der Waals surface area contributed by atoms with Gasteiger partial charge in [0, 0.05) is 18.3 Å². The standard InChI is InChI=1S/C21H26F2N2O2.ClH/c1-3-4-13-27-19-12-8-9-17(14-19)21(22,23)16-24-15-20(26)25(2)18-10-6-5-7-11-18;/h5-12,14,24H,3-4,13,15-16H2,1-2H3;1H. The summed E-state index contributed by atoms with van der Waals surface area (Å²) in [5, 5.41) is 2.56. The summed E-state index contributed by atoms with van der Waals surface area (Å²) in [5.41, 5.74) is 0.584. The number of carbonyl (C=O) groups excluding carboxylic acids is 1. The smallest absolute Gasteiger partial charge is 0.285 e. The summed E-state index contributed by atoms with van der Waals surface area (Å²) in [6, 6.07) is 15.0. The Balaban J connectivity index is 0.00000392. The Hall–Kier alpha value is -2.18. The van der Waals surface area contributed by atoms with E-state index in [0.717, 1.165) is 12.8 Å². The van der Waals surface area contributed by atoms with Gasteiger partial charge in [0.2, 0.25) is 5.91 Å². The minimum absolute atomic E-state index is 0. The van der Waals surface area contributed by atoms with E-state index in [0.29, 0.717) is 18.0 Å². The number of hydrogen-bond donors (Lipinski definition) is 1. The second kappa shape index (κ2) is 11.6. The Morgan fingerprint density at radius 2 is 1.86 bits per heavy atom. The molecule has 0 bridgehead atoms. The number of amides is 1. The number of alkyl halides is 2. The summed E-state index contributed by atoms with van der Waals surface area (Å²) in [4.78, 5) is 13.6. The van der Waals surface area contributed by atoms with E-state index in [9.17, 15) is 13.6 Å². The maximum Gasteiger partial charge on any atom is 0.285 e. The van der Waals surface area contributed by atoms with E-state index < -0.39 is 12.5 Å². The van der Waals surface area contributed by atoms with Gasteiger partial charge in [0.25, 0.3) is 5.92 Å². The van der Waals surface area contributed by atoms with Gasteiger partial charge in [-0.25, -0.2) is 0 Å². The average molecular weight is 413 g/mol. The molecule has 0 unspecified atom stereocenters. The molecule has 0 aliphatic heterocycles. The van der Waals surface area contributed by atoms with Crippen LogP contribution in [0.15, 0.2) is 54.6 Å². The lowest BCUT2D eigenvalue weighted by Crippen LogP contribution is -2.39. The van der Waals surface area contributed by atoms with E-state index in [1.54, 1.807) is 31.3 Å². The highest BCUT2D eigenvalue weighted by molar-refractivity contribution is 5.94. The summed E-state index contributed by atoms with van der Waals surface area (Å²) >= 11 is 0. The SMILES string of the molecule is CCCCOc1cccc(C(F)(F)CNCC(=O)N(C)c2ccccc2)c1.Cl. The number of ether oxygens (including phenoxy) is 1. The number of anilines is 1. The first-order valence-corrected chi connectivity index (χ1v) is 9.07. The molecule has 0 fully saturated rings. The Labute approximate surface area is 171 Å². The number of likely N-dealkylation sites (N-methyl/N-ethyl adjacent to an activating group) is 1. The van der Waals surface area contributed by atoms with Crippen LogP contribution < -0.4 is 15.0 Å². The molecule has 0 saturated heterocycles. The van der Waals surface area contributed by atoms with E-state index in [2.05, 4.69) is 5.32 Å². The highest BCUT2D eigenvalue weighted by Gasteiger charge is 2.31. The van der Waals surface area contributed by atoms with Gasteiger partial charge in [-0.3, -0.25) is 4.79 Å². The Morgan fingerprint density at radius 3 is 2.54 bits per heavy atom. The van der Waals surface area contributed by atoms with Crippen molar-refractivity contribution in [2.45, 2.75) is 25.7 Å². The Morgan fingerprint density at radius 1 is 1.14 bits per heavy atom. The number of para-hydroxylation sites is 1. The quantitative estimate of drug-likeness (QED) is 0.578. The highest BCUT2D eigenvalue weighted by Crippen LogP contribution is 2.29. The first-order chi connectivity index (χ1) is 12.9. The number of rotatable bonds is 10. The van der Waals surface area contributed by atoms with Crippen LogP contribution in [-0.2, 0) is 10.7 Å². The zero-order valence-electron chi connectivity index (χ0n) is 16.2. The molecule has 0 aromatic heterocycles. The molecular weight excluding hydrogens is 386 g/mol. The van der Waals surface area contributed by atoms with E-state index in [1.807, 2.05) is 25.1 Å². The molecule has 0 aliphatic carbocycles. The summed E-state index contributed by atoms with van der Waals surface area (Å²) in [5.74, 6) is -2.95. The second-order valence-corrected chi connectivity index (χ2v) is 6.33. The molecule has 0 spiro atoms. The first kappa shape index (κ1) is 23.9.